The van der Waals surface area contributed by atoms with E-state index in [0.717, 1.165) is 25.7 Å². The maximum Gasteiger partial charge on any atom is 0.395 e. The average molecular weight is 521 g/mol. The zero-order chi connectivity index (χ0) is 26.0. The predicted molar refractivity (Wildman–Crippen MR) is 130 cm³/mol. The van der Waals surface area contributed by atoms with Crippen LogP contribution >= 0.6 is 0 Å². The molecular formula is C27H32F4N4O2. The van der Waals surface area contributed by atoms with Gasteiger partial charge in [0.1, 0.15) is 5.82 Å². The second-order valence-electron chi connectivity index (χ2n) is 10.6. The number of rotatable bonds is 7. The van der Waals surface area contributed by atoms with E-state index in [9.17, 15) is 22.4 Å². The van der Waals surface area contributed by atoms with E-state index < -0.39 is 17.4 Å². The van der Waals surface area contributed by atoms with E-state index in [4.69, 9.17) is 4.74 Å². The van der Waals surface area contributed by atoms with Gasteiger partial charge in [0.25, 0.3) is 5.91 Å². The highest BCUT2D eigenvalue weighted by Crippen LogP contribution is 2.53. The average Bonchev–Trinajstić information content (AvgIpc) is 3.40. The van der Waals surface area contributed by atoms with E-state index in [-0.39, 0.29) is 36.8 Å². The number of benzene rings is 1. The molecule has 0 radical (unpaired) electrons. The minimum atomic E-state index is -4.13. The highest BCUT2D eigenvalue weighted by atomic mass is 19.4. The van der Waals surface area contributed by atoms with Crippen molar-refractivity contribution in [1.29, 1.82) is 0 Å². The molecule has 0 atom stereocenters. The molecule has 200 valence electrons. The van der Waals surface area contributed by atoms with Gasteiger partial charge < -0.3 is 14.5 Å². The van der Waals surface area contributed by atoms with Crippen LogP contribution in [0.15, 0.2) is 30.6 Å². The van der Waals surface area contributed by atoms with Gasteiger partial charge in [0.15, 0.2) is 0 Å². The molecule has 2 aliphatic heterocycles. The zero-order valence-corrected chi connectivity index (χ0v) is 20.8. The maximum atomic E-state index is 14.7. The number of carbonyl (C=O) groups excluding carboxylic acids is 1. The summed E-state index contributed by atoms with van der Waals surface area (Å²) in [5.74, 6) is -0.278. The minimum absolute atomic E-state index is 0.0610. The molecule has 5 rings (SSSR count). The van der Waals surface area contributed by atoms with Crippen molar-refractivity contribution in [3.8, 4) is 17.1 Å². The first-order valence-electron chi connectivity index (χ1n) is 13.1. The van der Waals surface area contributed by atoms with Crippen molar-refractivity contribution in [2.75, 3.05) is 39.3 Å². The van der Waals surface area contributed by atoms with Crippen molar-refractivity contribution >= 4 is 5.91 Å². The summed E-state index contributed by atoms with van der Waals surface area (Å²) < 4.78 is 60.9. The minimum Gasteiger partial charge on any atom is -0.476 e. The summed E-state index contributed by atoms with van der Waals surface area (Å²) >= 11 is 0. The topological polar surface area (TPSA) is 58.6 Å². The molecule has 0 bridgehead atoms. The summed E-state index contributed by atoms with van der Waals surface area (Å²) in [6, 6.07) is 4.46. The largest absolute Gasteiger partial charge is 0.476 e. The molecule has 1 aromatic heterocycles. The molecule has 3 fully saturated rings. The Kier molecular flexibility index (Phi) is 7.38. The van der Waals surface area contributed by atoms with Crippen molar-refractivity contribution in [2.24, 2.45) is 11.3 Å². The summed E-state index contributed by atoms with van der Waals surface area (Å²) in [7, 11) is 0. The zero-order valence-electron chi connectivity index (χ0n) is 20.8. The standard InChI is InChI=1S/C27H32F4N4O2/c28-22-14-20(4-5-21(22)25(36)35-10-1-2-11-35)23-15-33-24(16-32-23)37-17-19-6-12-34(13-7-19)18-26(8-3-9-26)27(29,30)31/h4-5,14-16,19H,1-3,6-13,17-18H2. The van der Waals surface area contributed by atoms with E-state index in [0.29, 0.717) is 56.3 Å². The lowest BCUT2D eigenvalue weighted by Gasteiger charge is -2.47. The summed E-state index contributed by atoms with van der Waals surface area (Å²) in [5, 5.41) is 0. The Morgan fingerprint density at radius 3 is 2.32 bits per heavy atom. The number of hydrogen-bond donors (Lipinski definition) is 0. The number of carbonyl (C=O) groups is 1. The van der Waals surface area contributed by atoms with Crippen LogP contribution in [-0.2, 0) is 0 Å². The fourth-order valence-corrected chi connectivity index (χ4v) is 5.56. The Bertz CT molecular complexity index is 1090. The molecule has 0 unspecified atom stereocenters. The molecule has 3 aliphatic rings. The molecule has 2 saturated heterocycles. The van der Waals surface area contributed by atoms with Crippen LogP contribution in [0, 0.1) is 17.2 Å². The predicted octanol–water partition coefficient (Wildman–Crippen LogP) is 5.34. The summed E-state index contributed by atoms with van der Waals surface area (Å²) in [5.41, 5.74) is -0.467. The summed E-state index contributed by atoms with van der Waals surface area (Å²) in [4.78, 5) is 24.7. The first-order chi connectivity index (χ1) is 17.7. The van der Waals surface area contributed by atoms with Gasteiger partial charge in [-0.25, -0.2) is 14.4 Å². The number of piperidine rings is 1. The molecular weight excluding hydrogens is 488 g/mol. The van der Waals surface area contributed by atoms with Crippen molar-refractivity contribution in [1.82, 2.24) is 19.8 Å². The first-order valence-corrected chi connectivity index (χ1v) is 13.1. The maximum absolute atomic E-state index is 14.7. The quantitative estimate of drug-likeness (QED) is 0.461. The molecule has 0 N–H and O–H groups in total. The third-order valence-corrected chi connectivity index (χ3v) is 8.13. The van der Waals surface area contributed by atoms with Gasteiger partial charge in [-0.1, -0.05) is 12.5 Å². The lowest BCUT2D eigenvalue weighted by Crippen LogP contribution is -2.53. The van der Waals surface area contributed by atoms with E-state index in [2.05, 4.69) is 9.97 Å². The van der Waals surface area contributed by atoms with Gasteiger partial charge in [-0.3, -0.25) is 4.79 Å². The van der Waals surface area contributed by atoms with E-state index in [1.807, 2.05) is 4.90 Å². The van der Waals surface area contributed by atoms with Crippen LogP contribution in [0.3, 0.4) is 0 Å². The van der Waals surface area contributed by atoms with Crippen molar-refractivity contribution in [3.05, 3.63) is 42.0 Å². The number of hydrogen-bond acceptors (Lipinski definition) is 5. The Hall–Kier alpha value is -2.75. The smallest absolute Gasteiger partial charge is 0.395 e. The van der Waals surface area contributed by atoms with Gasteiger partial charge in [0.2, 0.25) is 5.88 Å². The second kappa shape index (κ2) is 10.6. The van der Waals surface area contributed by atoms with Crippen LogP contribution in [0.4, 0.5) is 17.6 Å². The molecule has 0 spiro atoms. The molecule has 1 aromatic carbocycles. The number of aromatic nitrogens is 2. The van der Waals surface area contributed by atoms with Gasteiger partial charge >= 0.3 is 6.18 Å². The van der Waals surface area contributed by atoms with Crippen LogP contribution in [0.1, 0.15) is 55.3 Å². The lowest BCUT2D eigenvalue weighted by molar-refractivity contribution is -0.256. The van der Waals surface area contributed by atoms with Gasteiger partial charge in [0, 0.05) is 25.2 Å². The number of ether oxygens (including phenoxy) is 1. The first kappa shape index (κ1) is 25.9. The number of halogens is 4. The fourth-order valence-electron chi connectivity index (χ4n) is 5.56. The molecule has 1 saturated carbocycles. The van der Waals surface area contributed by atoms with Crippen LogP contribution in [0.5, 0.6) is 5.88 Å². The lowest BCUT2D eigenvalue weighted by atomic mass is 9.67. The fraction of sp³-hybridized carbons (Fsp3) is 0.593. The number of likely N-dealkylation sites (tertiary alicyclic amines) is 2. The van der Waals surface area contributed by atoms with Gasteiger partial charge in [0.05, 0.1) is 35.7 Å². The van der Waals surface area contributed by atoms with Crippen LogP contribution in [0.2, 0.25) is 0 Å². The highest BCUT2D eigenvalue weighted by Gasteiger charge is 2.58. The molecule has 6 nitrogen and oxygen atoms in total. The summed E-state index contributed by atoms with van der Waals surface area (Å²) in [6.45, 7) is 3.12. The Balaban J connectivity index is 1.10. The van der Waals surface area contributed by atoms with E-state index in [1.165, 1.54) is 24.5 Å². The van der Waals surface area contributed by atoms with E-state index >= 15 is 0 Å². The van der Waals surface area contributed by atoms with Crippen LogP contribution < -0.4 is 4.74 Å². The highest BCUT2D eigenvalue weighted by molar-refractivity contribution is 5.95. The Morgan fingerprint density at radius 2 is 1.76 bits per heavy atom. The molecule has 1 amide bonds. The van der Waals surface area contributed by atoms with Crippen LogP contribution in [-0.4, -0.2) is 71.2 Å². The van der Waals surface area contributed by atoms with E-state index in [1.54, 1.807) is 11.0 Å². The number of alkyl halides is 3. The summed E-state index contributed by atoms with van der Waals surface area (Å²) in [6.07, 6.45) is 3.43. The molecule has 37 heavy (non-hydrogen) atoms. The van der Waals surface area contributed by atoms with Crippen LogP contribution in [0.25, 0.3) is 11.3 Å². The molecule has 10 heteroatoms. The molecule has 1 aliphatic carbocycles. The van der Waals surface area contributed by atoms with Gasteiger partial charge in [-0.2, -0.15) is 13.2 Å². The van der Waals surface area contributed by atoms with Crippen molar-refractivity contribution < 1.29 is 27.1 Å². The molecule has 2 aromatic rings. The molecule has 3 heterocycles. The van der Waals surface area contributed by atoms with Gasteiger partial charge in [-0.05, 0) is 69.7 Å². The number of amides is 1. The monoisotopic (exact) mass is 520 g/mol. The number of nitrogens with zero attached hydrogens (tertiary/aromatic N) is 4. The third kappa shape index (κ3) is 5.58. The van der Waals surface area contributed by atoms with Gasteiger partial charge in [-0.15, -0.1) is 0 Å². The Labute approximate surface area is 214 Å². The SMILES string of the molecule is O=C(c1ccc(-c2cnc(OCC3CCN(CC4(C(F)(F)F)CCC4)CC3)cn2)cc1F)N1CCCC1. The third-order valence-electron chi connectivity index (χ3n) is 8.13. The van der Waals surface area contributed by atoms with Crippen molar-refractivity contribution in [3.63, 3.8) is 0 Å². The Morgan fingerprint density at radius 1 is 1.03 bits per heavy atom. The second-order valence-corrected chi connectivity index (χ2v) is 10.6. The normalized spacial score (nSPS) is 20.6. The van der Waals surface area contributed by atoms with Crippen molar-refractivity contribution in [2.45, 2.75) is 51.1 Å².